The molecule has 5 nitrogen and oxygen atoms in total. The molecule has 1 unspecified atom stereocenters. The lowest BCUT2D eigenvalue weighted by Crippen LogP contribution is -2.17. The van der Waals surface area contributed by atoms with E-state index < -0.39 is 0 Å². The Bertz CT molecular complexity index is 629. The van der Waals surface area contributed by atoms with E-state index >= 15 is 0 Å². The zero-order chi connectivity index (χ0) is 13.8. The molecular weight excluding hydrogens is 252 g/mol. The van der Waals surface area contributed by atoms with Crippen molar-refractivity contribution in [3.8, 4) is 5.82 Å². The lowest BCUT2D eigenvalue weighted by atomic mass is 10.2. The summed E-state index contributed by atoms with van der Waals surface area (Å²) in [6.45, 7) is 2.12. The summed E-state index contributed by atoms with van der Waals surface area (Å²) in [5, 5.41) is 7.55. The zero-order valence-corrected chi connectivity index (χ0v) is 11.2. The van der Waals surface area contributed by atoms with E-state index in [1.165, 1.54) is 0 Å². The first-order valence-corrected chi connectivity index (χ1v) is 6.56. The Hall–Kier alpha value is -2.56. The van der Waals surface area contributed by atoms with Crippen LogP contribution in [0.2, 0.25) is 0 Å². The van der Waals surface area contributed by atoms with Gasteiger partial charge in [-0.05, 0) is 37.3 Å². The van der Waals surface area contributed by atoms with E-state index in [0.29, 0.717) is 0 Å². The molecule has 5 heteroatoms. The van der Waals surface area contributed by atoms with Crippen LogP contribution in [0, 0.1) is 0 Å². The van der Waals surface area contributed by atoms with Crippen LogP contribution in [0.3, 0.4) is 0 Å². The lowest BCUT2D eigenvalue weighted by molar-refractivity contribution is 0.498. The number of nitrogens with zero attached hydrogens (tertiary/aromatic N) is 3. The van der Waals surface area contributed by atoms with Crippen LogP contribution in [0.15, 0.2) is 59.6 Å². The minimum atomic E-state index is 0.276. The molecule has 3 heterocycles. The minimum absolute atomic E-state index is 0.276. The normalized spacial score (nSPS) is 12.2. The predicted molar refractivity (Wildman–Crippen MR) is 76.9 cm³/mol. The Morgan fingerprint density at radius 1 is 1.30 bits per heavy atom. The Labute approximate surface area is 117 Å². The van der Waals surface area contributed by atoms with E-state index in [1.807, 2.05) is 42.7 Å². The summed E-state index contributed by atoms with van der Waals surface area (Å²) < 4.78 is 7.07. The highest BCUT2D eigenvalue weighted by molar-refractivity contribution is 5.44. The second-order valence-electron chi connectivity index (χ2n) is 4.68. The summed E-state index contributed by atoms with van der Waals surface area (Å²) >= 11 is 0. The highest BCUT2D eigenvalue weighted by Crippen LogP contribution is 2.12. The summed E-state index contributed by atoms with van der Waals surface area (Å²) in [6.07, 6.45) is 7.96. The van der Waals surface area contributed by atoms with Gasteiger partial charge in [-0.25, -0.2) is 9.67 Å². The number of aromatic nitrogens is 3. The molecule has 0 aliphatic heterocycles. The van der Waals surface area contributed by atoms with Gasteiger partial charge in [-0.1, -0.05) is 0 Å². The van der Waals surface area contributed by atoms with Crippen LogP contribution in [0.4, 0.5) is 5.69 Å². The maximum Gasteiger partial charge on any atom is 0.153 e. The fraction of sp³-hybridized carbons (Fsp3) is 0.200. The lowest BCUT2D eigenvalue weighted by Gasteiger charge is -2.13. The van der Waals surface area contributed by atoms with Crippen LogP contribution in [-0.2, 0) is 6.42 Å². The van der Waals surface area contributed by atoms with E-state index in [1.54, 1.807) is 17.1 Å². The maximum absolute atomic E-state index is 5.34. The number of hydrogen-bond donors (Lipinski definition) is 1. The second-order valence-corrected chi connectivity index (χ2v) is 4.68. The SMILES string of the molecule is CC(Cc1ccco1)Nc1ccc(-n2cccn2)nc1. The van der Waals surface area contributed by atoms with Crippen molar-refractivity contribution in [2.24, 2.45) is 0 Å². The standard InChI is InChI=1S/C15H16N4O/c1-12(10-14-4-2-9-20-14)18-13-5-6-15(16-11-13)19-8-3-7-17-19/h2-9,11-12,18H,10H2,1H3. The van der Waals surface area contributed by atoms with Gasteiger partial charge in [-0.2, -0.15) is 5.10 Å². The van der Waals surface area contributed by atoms with Crippen molar-refractivity contribution in [2.75, 3.05) is 5.32 Å². The topological polar surface area (TPSA) is 55.9 Å². The molecule has 0 aliphatic rings. The van der Waals surface area contributed by atoms with Crippen molar-refractivity contribution in [2.45, 2.75) is 19.4 Å². The zero-order valence-electron chi connectivity index (χ0n) is 11.2. The van der Waals surface area contributed by atoms with E-state index in [0.717, 1.165) is 23.7 Å². The van der Waals surface area contributed by atoms with Crippen LogP contribution < -0.4 is 5.32 Å². The van der Waals surface area contributed by atoms with Gasteiger partial charge in [0.05, 0.1) is 18.1 Å². The van der Waals surface area contributed by atoms with E-state index in [-0.39, 0.29) is 6.04 Å². The molecule has 0 aromatic carbocycles. The summed E-state index contributed by atoms with van der Waals surface area (Å²) in [5.74, 6) is 1.78. The molecule has 3 aromatic heterocycles. The number of nitrogens with one attached hydrogen (secondary N) is 1. The van der Waals surface area contributed by atoms with E-state index in [2.05, 4.69) is 22.3 Å². The van der Waals surface area contributed by atoms with Gasteiger partial charge in [0.2, 0.25) is 0 Å². The predicted octanol–water partition coefficient (Wildman–Crippen LogP) is 2.90. The molecule has 102 valence electrons. The molecule has 0 saturated heterocycles. The third-order valence-electron chi connectivity index (χ3n) is 2.99. The number of hydrogen-bond acceptors (Lipinski definition) is 4. The highest BCUT2D eigenvalue weighted by Gasteiger charge is 2.06. The van der Waals surface area contributed by atoms with Crippen LogP contribution in [0.1, 0.15) is 12.7 Å². The number of anilines is 1. The first-order valence-electron chi connectivity index (χ1n) is 6.56. The van der Waals surface area contributed by atoms with E-state index in [9.17, 15) is 0 Å². The third kappa shape index (κ3) is 2.88. The molecule has 0 fully saturated rings. The van der Waals surface area contributed by atoms with Crippen LogP contribution >= 0.6 is 0 Å². The molecule has 0 saturated carbocycles. The van der Waals surface area contributed by atoms with Gasteiger partial charge < -0.3 is 9.73 Å². The molecule has 3 rings (SSSR count). The van der Waals surface area contributed by atoms with Gasteiger partial charge in [0, 0.05) is 24.9 Å². The molecule has 0 bridgehead atoms. The van der Waals surface area contributed by atoms with Gasteiger partial charge in [-0.15, -0.1) is 0 Å². The fourth-order valence-corrected chi connectivity index (χ4v) is 2.08. The Kier molecular flexibility index (Phi) is 3.50. The molecular formula is C15H16N4O. The second kappa shape index (κ2) is 5.61. The van der Waals surface area contributed by atoms with Gasteiger partial charge >= 0.3 is 0 Å². The average molecular weight is 268 g/mol. The average Bonchev–Trinajstić information content (AvgIpc) is 3.12. The van der Waals surface area contributed by atoms with Gasteiger partial charge in [0.15, 0.2) is 5.82 Å². The number of rotatable bonds is 5. The summed E-state index contributed by atoms with van der Waals surface area (Å²) in [5.41, 5.74) is 0.986. The van der Waals surface area contributed by atoms with Crippen LogP contribution in [0.25, 0.3) is 5.82 Å². The van der Waals surface area contributed by atoms with Crippen molar-refractivity contribution >= 4 is 5.69 Å². The molecule has 3 aromatic rings. The molecule has 1 atom stereocenters. The van der Waals surface area contributed by atoms with Gasteiger partial charge in [-0.3, -0.25) is 0 Å². The van der Waals surface area contributed by atoms with Gasteiger partial charge in [0.25, 0.3) is 0 Å². The van der Waals surface area contributed by atoms with Gasteiger partial charge in [0.1, 0.15) is 5.76 Å². The monoisotopic (exact) mass is 268 g/mol. The molecule has 0 radical (unpaired) electrons. The summed E-state index contributed by atoms with van der Waals surface area (Å²) in [6, 6.07) is 9.98. The van der Waals surface area contributed by atoms with Crippen molar-refractivity contribution in [3.63, 3.8) is 0 Å². The molecule has 0 amide bonds. The molecule has 1 N–H and O–H groups in total. The largest absolute Gasteiger partial charge is 0.469 e. The Balaban J connectivity index is 1.63. The van der Waals surface area contributed by atoms with Crippen LogP contribution in [-0.4, -0.2) is 20.8 Å². The van der Waals surface area contributed by atoms with Crippen LogP contribution in [0.5, 0.6) is 0 Å². The van der Waals surface area contributed by atoms with Crippen molar-refractivity contribution in [1.29, 1.82) is 0 Å². The molecule has 0 spiro atoms. The first-order chi connectivity index (χ1) is 9.81. The summed E-state index contributed by atoms with van der Waals surface area (Å²) in [7, 11) is 0. The first kappa shape index (κ1) is 12.5. The Morgan fingerprint density at radius 3 is 2.90 bits per heavy atom. The van der Waals surface area contributed by atoms with Crippen molar-refractivity contribution in [3.05, 3.63) is 60.9 Å². The number of furan rings is 1. The Morgan fingerprint density at radius 2 is 2.25 bits per heavy atom. The van der Waals surface area contributed by atoms with Crippen molar-refractivity contribution in [1.82, 2.24) is 14.8 Å². The molecule has 0 aliphatic carbocycles. The highest BCUT2D eigenvalue weighted by atomic mass is 16.3. The third-order valence-corrected chi connectivity index (χ3v) is 2.99. The smallest absolute Gasteiger partial charge is 0.153 e. The fourth-order valence-electron chi connectivity index (χ4n) is 2.08. The maximum atomic E-state index is 5.34. The minimum Gasteiger partial charge on any atom is -0.469 e. The van der Waals surface area contributed by atoms with Crippen molar-refractivity contribution < 1.29 is 4.42 Å². The summed E-state index contributed by atoms with van der Waals surface area (Å²) in [4.78, 5) is 4.39. The number of pyridine rings is 1. The van der Waals surface area contributed by atoms with E-state index in [4.69, 9.17) is 4.42 Å². The molecule has 20 heavy (non-hydrogen) atoms. The quantitative estimate of drug-likeness (QED) is 0.773.